The van der Waals surface area contributed by atoms with E-state index in [1.165, 1.54) is 4.90 Å². The minimum absolute atomic E-state index is 0.135. The van der Waals surface area contributed by atoms with Gasteiger partial charge in [-0.25, -0.2) is 4.79 Å². The Morgan fingerprint density at radius 2 is 1.49 bits per heavy atom. The molecule has 2 heterocycles. The van der Waals surface area contributed by atoms with E-state index in [0.29, 0.717) is 25.0 Å². The van der Waals surface area contributed by atoms with E-state index in [1.807, 2.05) is 39.8 Å². The van der Waals surface area contributed by atoms with Crippen LogP contribution in [-0.2, 0) is 26.8 Å². The normalized spacial score (nSPS) is 24.1. The molecule has 0 aromatic heterocycles. The largest absolute Gasteiger partial charge is 0.507 e. The fourth-order valence-electron chi connectivity index (χ4n) is 6.59. The Labute approximate surface area is 234 Å². The molecule has 1 spiro atoms. The van der Waals surface area contributed by atoms with E-state index in [-0.39, 0.29) is 47.3 Å². The maximum atomic E-state index is 12.9. The zero-order chi connectivity index (χ0) is 29.8. The lowest BCUT2D eigenvalue weighted by Crippen LogP contribution is -2.70. The van der Waals surface area contributed by atoms with Gasteiger partial charge in [0.2, 0.25) is 5.91 Å². The van der Waals surface area contributed by atoms with Crippen LogP contribution in [0.3, 0.4) is 0 Å². The van der Waals surface area contributed by atoms with Gasteiger partial charge >= 0.3 is 6.09 Å². The highest BCUT2D eigenvalue weighted by atomic mass is 16.6. The summed E-state index contributed by atoms with van der Waals surface area (Å²) in [5.41, 5.74) is -0.933. The predicted octanol–water partition coefficient (Wildman–Crippen LogP) is 4.88. The van der Waals surface area contributed by atoms with Crippen molar-refractivity contribution >= 4 is 12.0 Å². The second-order valence-electron chi connectivity index (χ2n) is 15.2. The molecule has 2 amide bonds. The van der Waals surface area contributed by atoms with Crippen LogP contribution in [-0.4, -0.2) is 62.6 Å². The Kier molecular flexibility index (Phi) is 7.96. The number of aryl methyl sites for hydroxylation is 1. The molecule has 8 nitrogen and oxygen atoms in total. The lowest BCUT2D eigenvalue weighted by atomic mass is 9.68. The topological polar surface area (TPSA) is 111 Å². The SMILES string of the molecule is CC1(C)CC2(CC(C)(C)N1)OC(=O)N(CCNC(=O)CCc1cc(C(C)(C)C)c(O)c(C(C)(C)C)c1)[C@]2(C)O. The number of amides is 2. The number of aromatic hydroxyl groups is 1. The van der Waals surface area contributed by atoms with Crippen LogP contribution in [0.25, 0.3) is 0 Å². The Morgan fingerprint density at radius 1 is 1.00 bits per heavy atom. The predicted molar refractivity (Wildman–Crippen MR) is 154 cm³/mol. The number of carbonyl (C=O) groups excluding carboxylic acids is 2. The summed E-state index contributed by atoms with van der Waals surface area (Å²) in [5.74, 6) is 0.190. The van der Waals surface area contributed by atoms with Gasteiger partial charge < -0.3 is 25.6 Å². The van der Waals surface area contributed by atoms with Crippen molar-refractivity contribution in [1.29, 1.82) is 0 Å². The summed E-state index contributed by atoms with van der Waals surface area (Å²) in [4.78, 5) is 27.0. The van der Waals surface area contributed by atoms with E-state index in [1.54, 1.807) is 6.92 Å². The molecule has 2 aliphatic heterocycles. The van der Waals surface area contributed by atoms with Crippen molar-refractivity contribution < 1.29 is 24.5 Å². The van der Waals surface area contributed by atoms with Gasteiger partial charge in [-0.15, -0.1) is 0 Å². The van der Waals surface area contributed by atoms with Gasteiger partial charge in [0, 0.05) is 43.4 Å². The van der Waals surface area contributed by atoms with Crippen LogP contribution in [0.15, 0.2) is 12.1 Å². The first kappa shape index (κ1) is 31.2. The zero-order valence-corrected chi connectivity index (χ0v) is 26.0. The summed E-state index contributed by atoms with van der Waals surface area (Å²) in [6.45, 7) is 22.6. The molecule has 0 aliphatic carbocycles. The number of ether oxygens (including phenoxy) is 1. The molecule has 1 aromatic rings. The smallest absolute Gasteiger partial charge is 0.412 e. The minimum Gasteiger partial charge on any atom is -0.507 e. The first-order chi connectivity index (χ1) is 17.5. The molecule has 2 fully saturated rings. The van der Waals surface area contributed by atoms with Crippen LogP contribution >= 0.6 is 0 Å². The average Bonchev–Trinajstić information content (AvgIpc) is 2.87. The van der Waals surface area contributed by atoms with E-state index in [2.05, 4.69) is 52.2 Å². The number of phenols is 1. The van der Waals surface area contributed by atoms with E-state index in [4.69, 9.17) is 4.74 Å². The molecule has 39 heavy (non-hydrogen) atoms. The highest BCUT2D eigenvalue weighted by Crippen LogP contribution is 2.50. The highest BCUT2D eigenvalue weighted by Gasteiger charge is 2.66. The zero-order valence-electron chi connectivity index (χ0n) is 26.0. The van der Waals surface area contributed by atoms with Gasteiger partial charge in [0.05, 0.1) is 0 Å². The van der Waals surface area contributed by atoms with Gasteiger partial charge in [-0.2, -0.15) is 0 Å². The molecule has 0 radical (unpaired) electrons. The number of phenolic OH excluding ortho intramolecular Hbond substituents is 1. The van der Waals surface area contributed by atoms with Gasteiger partial charge in [0.1, 0.15) is 5.75 Å². The quantitative estimate of drug-likeness (QED) is 0.406. The Hall–Kier alpha value is -2.32. The molecular formula is C31H51N3O5. The number of rotatable bonds is 6. The molecule has 1 aromatic carbocycles. The molecule has 2 saturated heterocycles. The summed E-state index contributed by atoms with van der Waals surface area (Å²) in [6, 6.07) is 3.99. The summed E-state index contributed by atoms with van der Waals surface area (Å²) < 4.78 is 5.90. The van der Waals surface area contributed by atoms with Crippen LogP contribution in [0.4, 0.5) is 4.79 Å². The standard InChI is InChI=1S/C31H51N3O5/c1-26(2,3)21-16-20(17-22(24(21)36)27(4,5)6)12-13-23(35)32-14-15-34-25(37)39-31(30(34,11)38)18-28(7,8)33-29(9,10)19-31/h16-17,33,36,38H,12-15,18-19H2,1-11H3,(H,32,35)/t30-/m1/s1. The van der Waals surface area contributed by atoms with E-state index in [0.717, 1.165) is 16.7 Å². The summed E-state index contributed by atoms with van der Waals surface area (Å²) in [7, 11) is 0. The van der Waals surface area contributed by atoms with Gasteiger partial charge in [0.15, 0.2) is 11.3 Å². The summed E-state index contributed by atoms with van der Waals surface area (Å²) in [5, 5.41) is 29.0. The molecular weight excluding hydrogens is 494 g/mol. The third-order valence-electron chi connectivity index (χ3n) is 8.11. The number of nitrogens with one attached hydrogen (secondary N) is 2. The first-order valence-corrected chi connectivity index (χ1v) is 14.2. The molecule has 2 aliphatic rings. The van der Waals surface area contributed by atoms with E-state index < -0.39 is 17.4 Å². The van der Waals surface area contributed by atoms with Crippen molar-refractivity contribution in [1.82, 2.24) is 15.5 Å². The molecule has 0 bridgehead atoms. The fourth-order valence-corrected chi connectivity index (χ4v) is 6.59. The van der Waals surface area contributed by atoms with Gasteiger partial charge in [-0.1, -0.05) is 53.7 Å². The molecule has 0 saturated carbocycles. The first-order valence-electron chi connectivity index (χ1n) is 14.2. The number of nitrogens with zero attached hydrogens (tertiary/aromatic N) is 1. The Balaban J connectivity index is 1.65. The third-order valence-corrected chi connectivity index (χ3v) is 8.11. The number of aliphatic hydroxyl groups is 1. The molecule has 3 rings (SSSR count). The van der Waals surface area contributed by atoms with Crippen LogP contribution in [0, 0.1) is 0 Å². The number of hydrogen-bond donors (Lipinski definition) is 4. The Bertz CT molecular complexity index is 1060. The van der Waals surface area contributed by atoms with Gasteiger partial charge in [0.25, 0.3) is 0 Å². The summed E-state index contributed by atoms with van der Waals surface area (Å²) in [6.07, 6.45) is 1.20. The van der Waals surface area contributed by atoms with Crippen LogP contribution in [0.1, 0.15) is 112 Å². The van der Waals surface area contributed by atoms with E-state index in [9.17, 15) is 19.8 Å². The summed E-state index contributed by atoms with van der Waals surface area (Å²) >= 11 is 0. The van der Waals surface area contributed by atoms with Crippen LogP contribution < -0.4 is 10.6 Å². The maximum absolute atomic E-state index is 12.9. The fraction of sp³-hybridized carbons (Fsp3) is 0.742. The third kappa shape index (κ3) is 6.54. The lowest BCUT2D eigenvalue weighted by Gasteiger charge is -2.54. The molecule has 8 heteroatoms. The van der Waals surface area contributed by atoms with Gasteiger partial charge in [-0.3, -0.25) is 9.69 Å². The second kappa shape index (κ2) is 9.95. The van der Waals surface area contributed by atoms with Crippen molar-refractivity contribution in [2.24, 2.45) is 0 Å². The van der Waals surface area contributed by atoms with Crippen molar-refractivity contribution in [2.75, 3.05) is 13.1 Å². The van der Waals surface area contributed by atoms with Crippen molar-refractivity contribution in [3.05, 3.63) is 28.8 Å². The average molecular weight is 546 g/mol. The highest BCUT2D eigenvalue weighted by molar-refractivity contribution is 5.76. The van der Waals surface area contributed by atoms with Gasteiger partial charge in [-0.05, 0) is 68.6 Å². The molecule has 0 unspecified atom stereocenters. The van der Waals surface area contributed by atoms with E-state index >= 15 is 0 Å². The van der Waals surface area contributed by atoms with Crippen LogP contribution in [0.2, 0.25) is 0 Å². The molecule has 4 N–H and O–H groups in total. The van der Waals surface area contributed by atoms with Crippen LogP contribution in [0.5, 0.6) is 5.75 Å². The van der Waals surface area contributed by atoms with Crippen molar-refractivity contribution in [2.45, 2.75) is 135 Å². The number of benzene rings is 1. The molecule has 1 atom stereocenters. The second-order valence-corrected chi connectivity index (χ2v) is 15.2. The van der Waals surface area contributed by atoms with Crippen molar-refractivity contribution in [3.8, 4) is 5.75 Å². The number of hydrogen-bond acceptors (Lipinski definition) is 6. The maximum Gasteiger partial charge on any atom is 0.412 e. The number of carbonyl (C=O) groups is 2. The number of piperidine rings is 1. The Morgan fingerprint density at radius 3 is 1.95 bits per heavy atom. The minimum atomic E-state index is -1.51. The molecule has 220 valence electrons. The lowest BCUT2D eigenvalue weighted by molar-refractivity contribution is -0.180. The monoisotopic (exact) mass is 545 g/mol. The van der Waals surface area contributed by atoms with Crippen molar-refractivity contribution in [3.63, 3.8) is 0 Å².